The van der Waals surface area contributed by atoms with Gasteiger partial charge in [-0.2, -0.15) is 5.10 Å². The predicted molar refractivity (Wildman–Crippen MR) is 75.1 cm³/mol. The van der Waals surface area contributed by atoms with Gasteiger partial charge in [-0.15, -0.1) is 0 Å². The van der Waals surface area contributed by atoms with Crippen LogP contribution >= 0.6 is 22.6 Å². The number of anilines is 1. The molecule has 0 saturated carbocycles. The normalized spacial score (nSPS) is 10.1. The van der Waals surface area contributed by atoms with Crippen LogP contribution in [0.1, 0.15) is 5.56 Å². The standard InChI is InChI=1S/C12H12IN3/c1-2-16-9-10(8-15-16)7-14-12-5-3-4-11(13)6-12/h2-6,8-9,14H,1,7H2. The first-order chi connectivity index (χ1) is 7.78. The highest BCUT2D eigenvalue weighted by molar-refractivity contribution is 14.1. The third-order valence-corrected chi connectivity index (χ3v) is 2.83. The number of hydrogen-bond donors (Lipinski definition) is 1. The summed E-state index contributed by atoms with van der Waals surface area (Å²) in [6, 6.07) is 8.28. The fraction of sp³-hybridized carbons (Fsp3) is 0.0833. The van der Waals surface area contributed by atoms with E-state index in [0.29, 0.717) is 0 Å². The maximum atomic E-state index is 4.12. The van der Waals surface area contributed by atoms with Crippen LogP contribution in [0.2, 0.25) is 0 Å². The molecule has 0 radical (unpaired) electrons. The Kier molecular flexibility index (Phi) is 3.61. The lowest BCUT2D eigenvalue weighted by atomic mass is 10.3. The van der Waals surface area contributed by atoms with Gasteiger partial charge in [-0.25, -0.2) is 4.68 Å². The third kappa shape index (κ3) is 2.85. The van der Waals surface area contributed by atoms with Crippen LogP contribution in [0.15, 0.2) is 43.2 Å². The molecule has 0 aliphatic rings. The Morgan fingerprint density at radius 3 is 3.06 bits per heavy atom. The summed E-state index contributed by atoms with van der Waals surface area (Å²) in [6.07, 6.45) is 5.46. The average Bonchev–Trinajstić information content (AvgIpc) is 2.74. The van der Waals surface area contributed by atoms with E-state index >= 15 is 0 Å². The van der Waals surface area contributed by atoms with Gasteiger partial charge >= 0.3 is 0 Å². The van der Waals surface area contributed by atoms with Gasteiger partial charge in [-0.1, -0.05) is 12.6 Å². The molecule has 2 rings (SSSR count). The van der Waals surface area contributed by atoms with Gasteiger partial charge in [0.1, 0.15) is 0 Å². The Balaban J connectivity index is 1.99. The van der Waals surface area contributed by atoms with Crippen molar-refractivity contribution in [2.24, 2.45) is 0 Å². The summed E-state index contributed by atoms with van der Waals surface area (Å²) in [5, 5.41) is 7.47. The Hall–Kier alpha value is -1.30. The number of benzene rings is 1. The smallest absolute Gasteiger partial charge is 0.0543 e. The van der Waals surface area contributed by atoms with E-state index in [1.807, 2.05) is 18.5 Å². The van der Waals surface area contributed by atoms with Crippen molar-refractivity contribution in [1.29, 1.82) is 0 Å². The minimum atomic E-state index is 0.772. The summed E-state index contributed by atoms with van der Waals surface area (Å²) >= 11 is 2.30. The summed E-state index contributed by atoms with van der Waals surface area (Å²) in [5.41, 5.74) is 2.26. The van der Waals surface area contributed by atoms with Gasteiger partial charge in [-0.3, -0.25) is 0 Å². The molecule has 0 aliphatic heterocycles. The van der Waals surface area contributed by atoms with E-state index in [2.05, 4.69) is 57.8 Å². The van der Waals surface area contributed by atoms with Crippen molar-refractivity contribution in [3.8, 4) is 0 Å². The first-order valence-electron chi connectivity index (χ1n) is 4.93. The highest BCUT2D eigenvalue weighted by Gasteiger charge is 1.97. The SMILES string of the molecule is C=Cn1cc(CNc2cccc(I)c2)cn1. The molecule has 1 aromatic heterocycles. The fourth-order valence-electron chi connectivity index (χ4n) is 1.37. The lowest BCUT2D eigenvalue weighted by Gasteiger charge is -2.04. The van der Waals surface area contributed by atoms with Crippen LogP contribution < -0.4 is 5.32 Å². The molecule has 0 spiro atoms. The largest absolute Gasteiger partial charge is 0.381 e. The van der Waals surface area contributed by atoms with Gasteiger partial charge in [0.25, 0.3) is 0 Å². The van der Waals surface area contributed by atoms with Crippen molar-refractivity contribution in [1.82, 2.24) is 9.78 Å². The van der Waals surface area contributed by atoms with Crippen LogP contribution in [0.4, 0.5) is 5.69 Å². The van der Waals surface area contributed by atoms with Crippen molar-refractivity contribution < 1.29 is 0 Å². The molecule has 1 aromatic carbocycles. The lowest BCUT2D eigenvalue weighted by molar-refractivity contribution is 0.936. The zero-order chi connectivity index (χ0) is 11.4. The highest BCUT2D eigenvalue weighted by Crippen LogP contribution is 2.13. The number of nitrogens with one attached hydrogen (secondary N) is 1. The maximum absolute atomic E-state index is 4.12. The molecule has 3 nitrogen and oxygen atoms in total. The second-order valence-electron chi connectivity index (χ2n) is 3.38. The fourth-order valence-corrected chi connectivity index (χ4v) is 1.91. The van der Waals surface area contributed by atoms with Crippen molar-refractivity contribution in [3.63, 3.8) is 0 Å². The topological polar surface area (TPSA) is 29.9 Å². The first-order valence-corrected chi connectivity index (χ1v) is 6.01. The second-order valence-corrected chi connectivity index (χ2v) is 4.62. The van der Waals surface area contributed by atoms with Crippen molar-refractivity contribution in [2.45, 2.75) is 6.54 Å². The molecule has 1 N–H and O–H groups in total. The van der Waals surface area contributed by atoms with E-state index in [0.717, 1.165) is 17.8 Å². The van der Waals surface area contributed by atoms with Crippen molar-refractivity contribution in [3.05, 3.63) is 52.4 Å². The van der Waals surface area contributed by atoms with E-state index in [4.69, 9.17) is 0 Å². The third-order valence-electron chi connectivity index (χ3n) is 2.16. The van der Waals surface area contributed by atoms with E-state index < -0.39 is 0 Å². The number of aromatic nitrogens is 2. The van der Waals surface area contributed by atoms with Gasteiger partial charge < -0.3 is 5.32 Å². The second kappa shape index (κ2) is 5.16. The Morgan fingerprint density at radius 1 is 1.50 bits per heavy atom. The van der Waals surface area contributed by atoms with Gasteiger partial charge in [0.2, 0.25) is 0 Å². The molecule has 16 heavy (non-hydrogen) atoms. The van der Waals surface area contributed by atoms with E-state index in [9.17, 15) is 0 Å². The quantitative estimate of drug-likeness (QED) is 0.875. The minimum Gasteiger partial charge on any atom is -0.381 e. The van der Waals surface area contributed by atoms with E-state index in [1.165, 1.54) is 3.57 Å². The molecule has 0 saturated heterocycles. The molecular weight excluding hydrogens is 313 g/mol. The highest BCUT2D eigenvalue weighted by atomic mass is 127. The van der Waals surface area contributed by atoms with Crippen molar-refractivity contribution in [2.75, 3.05) is 5.32 Å². The Labute approximate surface area is 108 Å². The molecule has 0 aliphatic carbocycles. The first kappa shape index (κ1) is 11.2. The van der Waals surface area contributed by atoms with Gasteiger partial charge in [0.05, 0.1) is 6.20 Å². The van der Waals surface area contributed by atoms with Gasteiger partial charge in [-0.05, 0) is 40.8 Å². The summed E-state index contributed by atoms with van der Waals surface area (Å²) in [7, 11) is 0. The summed E-state index contributed by atoms with van der Waals surface area (Å²) in [5.74, 6) is 0. The van der Waals surface area contributed by atoms with Crippen LogP contribution in [-0.2, 0) is 6.54 Å². The van der Waals surface area contributed by atoms with Crippen LogP contribution in [-0.4, -0.2) is 9.78 Å². The number of rotatable bonds is 4. The molecule has 0 bridgehead atoms. The molecule has 1 heterocycles. The Morgan fingerprint density at radius 2 is 2.38 bits per heavy atom. The molecule has 4 heteroatoms. The van der Waals surface area contributed by atoms with E-state index in [-0.39, 0.29) is 0 Å². The zero-order valence-corrected chi connectivity index (χ0v) is 10.9. The number of halogens is 1. The van der Waals surface area contributed by atoms with Crippen LogP contribution in [0, 0.1) is 3.57 Å². The molecule has 0 fully saturated rings. The summed E-state index contributed by atoms with van der Waals surface area (Å²) < 4.78 is 2.93. The lowest BCUT2D eigenvalue weighted by Crippen LogP contribution is -1.98. The molecule has 0 amide bonds. The maximum Gasteiger partial charge on any atom is 0.0543 e. The zero-order valence-electron chi connectivity index (χ0n) is 8.73. The predicted octanol–water partition coefficient (Wildman–Crippen LogP) is 3.20. The van der Waals surface area contributed by atoms with Crippen LogP contribution in [0.25, 0.3) is 6.20 Å². The summed E-state index contributed by atoms with van der Waals surface area (Å²) in [4.78, 5) is 0. The van der Waals surface area contributed by atoms with Crippen LogP contribution in [0.3, 0.4) is 0 Å². The number of hydrogen-bond acceptors (Lipinski definition) is 2. The molecule has 2 aromatic rings. The monoisotopic (exact) mass is 325 g/mol. The van der Waals surface area contributed by atoms with Gasteiger partial charge in [0, 0.05) is 33.8 Å². The average molecular weight is 325 g/mol. The Bertz CT molecular complexity index is 491. The minimum absolute atomic E-state index is 0.772. The molecular formula is C12H12IN3. The van der Waals surface area contributed by atoms with Crippen LogP contribution in [0.5, 0.6) is 0 Å². The molecule has 82 valence electrons. The van der Waals surface area contributed by atoms with E-state index in [1.54, 1.807) is 10.9 Å². The summed E-state index contributed by atoms with van der Waals surface area (Å²) in [6.45, 7) is 4.42. The van der Waals surface area contributed by atoms with Gasteiger partial charge in [0.15, 0.2) is 0 Å². The molecule has 0 atom stereocenters. The number of nitrogens with zero attached hydrogens (tertiary/aromatic N) is 2. The molecule has 0 unspecified atom stereocenters. The van der Waals surface area contributed by atoms with Crippen molar-refractivity contribution >= 4 is 34.5 Å².